The van der Waals surface area contributed by atoms with E-state index >= 15 is 0 Å². The molecule has 0 N–H and O–H groups in total. The Morgan fingerprint density at radius 1 is 1.14 bits per heavy atom. The molecule has 0 fully saturated rings. The second-order valence-electron chi connectivity index (χ2n) is 7.47. The van der Waals surface area contributed by atoms with E-state index in [1.165, 1.54) is 17.7 Å². The van der Waals surface area contributed by atoms with E-state index in [2.05, 4.69) is 26.5 Å². The summed E-state index contributed by atoms with van der Waals surface area (Å²) >= 11 is 0. The zero-order valence-corrected chi connectivity index (χ0v) is 17.7. The van der Waals surface area contributed by atoms with Crippen LogP contribution >= 0.6 is 0 Å². The summed E-state index contributed by atoms with van der Waals surface area (Å²) in [5.41, 5.74) is 6.46. The molecule has 2 rings (SSSR count). The number of rotatable bonds is 10. The first-order valence-electron chi connectivity index (χ1n) is 10.3. The van der Waals surface area contributed by atoms with Crippen molar-refractivity contribution < 1.29 is 8.78 Å². The molecule has 3 heteroatoms. The molecule has 1 heterocycles. The van der Waals surface area contributed by atoms with E-state index in [4.69, 9.17) is 4.98 Å². The van der Waals surface area contributed by atoms with Crippen LogP contribution in [0.4, 0.5) is 8.78 Å². The molecule has 0 unspecified atom stereocenters. The predicted molar refractivity (Wildman–Crippen MR) is 120 cm³/mol. The maximum atomic E-state index is 13.6. The summed E-state index contributed by atoms with van der Waals surface area (Å²) in [6.07, 6.45) is 12.3. The van der Waals surface area contributed by atoms with Crippen LogP contribution in [-0.2, 0) is 12.8 Å². The van der Waals surface area contributed by atoms with Crippen LogP contribution in [0.2, 0.25) is 0 Å². The Kier molecular flexibility index (Phi) is 8.98. The highest BCUT2D eigenvalue weighted by molar-refractivity contribution is 5.80. The Morgan fingerprint density at radius 2 is 1.86 bits per heavy atom. The molecule has 0 radical (unpaired) electrons. The fraction of sp³-hybridized carbons (Fsp3) is 0.346. The van der Waals surface area contributed by atoms with E-state index in [9.17, 15) is 8.78 Å². The molecule has 0 aliphatic heterocycles. The number of benzene rings is 1. The van der Waals surface area contributed by atoms with Gasteiger partial charge in [0.15, 0.2) is 0 Å². The minimum Gasteiger partial charge on any atom is -0.256 e. The van der Waals surface area contributed by atoms with Crippen LogP contribution in [0, 0.1) is 5.82 Å². The molecule has 0 aliphatic rings. The number of hydrogen-bond acceptors (Lipinski definition) is 1. The SMILES string of the molecule is C=CCc1nc(C(C)C)c(/C=C/C)c(-c2ccc(F)cc2)c1CCCC/C=C/F. The van der Waals surface area contributed by atoms with Gasteiger partial charge in [-0.3, -0.25) is 4.98 Å². The first kappa shape index (κ1) is 22.7. The third-order valence-electron chi connectivity index (χ3n) is 4.94. The monoisotopic (exact) mass is 395 g/mol. The third-order valence-corrected chi connectivity index (χ3v) is 4.94. The van der Waals surface area contributed by atoms with E-state index < -0.39 is 0 Å². The zero-order chi connectivity index (χ0) is 21.2. The smallest absolute Gasteiger partial charge is 0.123 e. The van der Waals surface area contributed by atoms with Gasteiger partial charge in [-0.1, -0.05) is 50.3 Å². The van der Waals surface area contributed by atoms with Crippen LogP contribution in [0.15, 0.2) is 55.4 Å². The highest BCUT2D eigenvalue weighted by Gasteiger charge is 2.20. The Morgan fingerprint density at radius 3 is 2.45 bits per heavy atom. The standard InChI is InChI=1S/C26H31F2N/c1-5-11-23-25(20-14-16-21(28)17-15-20)22(13-9-7-8-10-18-27)24(12-6-2)29-26(23)19(3)4/h5-6,10-11,14-19H,2,7-9,12-13H2,1,3-4H3/b11-5+,18-10+. The summed E-state index contributed by atoms with van der Waals surface area (Å²) < 4.78 is 25.8. The number of allylic oxidation sites excluding steroid dienone is 3. The van der Waals surface area contributed by atoms with E-state index in [-0.39, 0.29) is 11.7 Å². The lowest BCUT2D eigenvalue weighted by Crippen LogP contribution is -2.09. The number of unbranched alkanes of at least 4 members (excludes halogenated alkanes) is 2. The fourth-order valence-corrected chi connectivity index (χ4v) is 3.63. The van der Waals surface area contributed by atoms with Crippen molar-refractivity contribution in [3.63, 3.8) is 0 Å². The van der Waals surface area contributed by atoms with Gasteiger partial charge in [0.05, 0.1) is 12.0 Å². The predicted octanol–water partition coefficient (Wildman–Crippen LogP) is 7.97. The van der Waals surface area contributed by atoms with Crippen LogP contribution in [-0.4, -0.2) is 4.98 Å². The molecule has 2 aromatic rings. The van der Waals surface area contributed by atoms with Gasteiger partial charge in [0.1, 0.15) is 5.82 Å². The van der Waals surface area contributed by atoms with Gasteiger partial charge in [-0.2, -0.15) is 0 Å². The second-order valence-corrected chi connectivity index (χ2v) is 7.47. The molecule has 1 nitrogen and oxygen atoms in total. The summed E-state index contributed by atoms with van der Waals surface area (Å²) in [5, 5.41) is 0. The zero-order valence-electron chi connectivity index (χ0n) is 17.7. The Hall–Kier alpha value is -2.55. The average Bonchev–Trinajstić information content (AvgIpc) is 2.70. The van der Waals surface area contributed by atoms with Crippen LogP contribution in [0.1, 0.15) is 68.5 Å². The Bertz CT molecular complexity index is 861. The van der Waals surface area contributed by atoms with Crippen molar-refractivity contribution in [2.75, 3.05) is 0 Å². The number of pyridine rings is 1. The first-order chi connectivity index (χ1) is 14.0. The molecule has 0 amide bonds. The van der Waals surface area contributed by atoms with Crippen molar-refractivity contribution in [2.45, 2.75) is 58.8 Å². The average molecular weight is 396 g/mol. The van der Waals surface area contributed by atoms with Gasteiger partial charge >= 0.3 is 0 Å². The summed E-state index contributed by atoms with van der Waals surface area (Å²) in [6.45, 7) is 10.2. The van der Waals surface area contributed by atoms with Crippen LogP contribution in [0.3, 0.4) is 0 Å². The molecule has 0 atom stereocenters. The molecule has 1 aromatic carbocycles. The fourth-order valence-electron chi connectivity index (χ4n) is 3.63. The lowest BCUT2D eigenvalue weighted by Gasteiger charge is -2.22. The minimum absolute atomic E-state index is 0.245. The molecule has 0 bridgehead atoms. The van der Waals surface area contributed by atoms with Gasteiger partial charge in [0.2, 0.25) is 0 Å². The van der Waals surface area contributed by atoms with Gasteiger partial charge < -0.3 is 0 Å². The number of nitrogens with zero attached hydrogens (tertiary/aromatic N) is 1. The maximum Gasteiger partial charge on any atom is 0.123 e. The van der Waals surface area contributed by atoms with Crippen LogP contribution in [0.5, 0.6) is 0 Å². The van der Waals surface area contributed by atoms with Gasteiger partial charge in [-0.25, -0.2) is 8.78 Å². The molecule has 154 valence electrons. The van der Waals surface area contributed by atoms with E-state index in [1.54, 1.807) is 6.08 Å². The second kappa shape index (κ2) is 11.5. The van der Waals surface area contributed by atoms with Gasteiger partial charge in [0.25, 0.3) is 0 Å². The number of hydrogen-bond donors (Lipinski definition) is 0. The summed E-state index contributed by atoms with van der Waals surface area (Å²) in [5.74, 6) is 0.0121. The van der Waals surface area contributed by atoms with Crippen molar-refractivity contribution in [3.05, 3.63) is 83.7 Å². The van der Waals surface area contributed by atoms with Crippen molar-refractivity contribution >= 4 is 6.08 Å². The van der Waals surface area contributed by atoms with Crippen LogP contribution < -0.4 is 0 Å². The summed E-state index contributed by atoms with van der Waals surface area (Å²) in [4.78, 5) is 5.03. The lowest BCUT2D eigenvalue weighted by molar-refractivity contribution is 0.628. The number of aromatic nitrogens is 1. The normalized spacial score (nSPS) is 11.8. The molecular weight excluding hydrogens is 364 g/mol. The van der Waals surface area contributed by atoms with Crippen molar-refractivity contribution in [2.24, 2.45) is 0 Å². The van der Waals surface area contributed by atoms with Crippen molar-refractivity contribution in [3.8, 4) is 11.1 Å². The highest BCUT2D eigenvalue weighted by Crippen LogP contribution is 2.36. The van der Waals surface area contributed by atoms with E-state index in [0.29, 0.717) is 12.8 Å². The summed E-state index contributed by atoms with van der Waals surface area (Å²) in [7, 11) is 0. The maximum absolute atomic E-state index is 13.6. The molecule has 0 aliphatic carbocycles. The quantitative estimate of drug-likeness (QED) is 0.294. The van der Waals surface area contributed by atoms with Gasteiger partial charge in [-0.15, -0.1) is 6.58 Å². The minimum atomic E-state index is -0.245. The molecule has 0 spiro atoms. The van der Waals surface area contributed by atoms with Gasteiger partial charge in [0, 0.05) is 17.7 Å². The lowest BCUT2D eigenvalue weighted by atomic mass is 9.86. The first-order valence-corrected chi connectivity index (χ1v) is 10.3. The van der Waals surface area contributed by atoms with Crippen molar-refractivity contribution in [1.82, 2.24) is 4.98 Å². The molecule has 0 saturated heterocycles. The topological polar surface area (TPSA) is 12.9 Å². The van der Waals surface area contributed by atoms with Crippen molar-refractivity contribution in [1.29, 1.82) is 0 Å². The molecular formula is C26H31F2N. The molecule has 0 saturated carbocycles. The number of halogens is 2. The van der Waals surface area contributed by atoms with E-state index in [0.717, 1.165) is 53.8 Å². The third kappa shape index (κ3) is 5.96. The van der Waals surface area contributed by atoms with Crippen LogP contribution in [0.25, 0.3) is 17.2 Å². The largest absolute Gasteiger partial charge is 0.256 e. The Balaban J connectivity index is 2.69. The van der Waals surface area contributed by atoms with Gasteiger partial charge in [-0.05, 0) is 67.3 Å². The molecule has 29 heavy (non-hydrogen) atoms. The highest BCUT2D eigenvalue weighted by atomic mass is 19.1. The molecule has 1 aromatic heterocycles. The summed E-state index contributed by atoms with van der Waals surface area (Å²) in [6, 6.07) is 6.70. The van der Waals surface area contributed by atoms with E-state index in [1.807, 2.05) is 31.2 Å². The Labute approximate surface area is 173 Å².